The lowest BCUT2D eigenvalue weighted by Crippen LogP contribution is -2.38. The topological polar surface area (TPSA) is 254 Å². The molecule has 9 N–H and O–H groups in total. The number of carbonyl (C=O) groups is 5. The van der Waals surface area contributed by atoms with Crippen LogP contribution in [0.2, 0.25) is 0 Å². The van der Waals surface area contributed by atoms with Crippen molar-refractivity contribution in [3.05, 3.63) is 29.8 Å². The molecule has 0 heterocycles. The van der Waals surface area contributed by atoms with Gasteiger partial charge in [0.25, 0.3) is 29.8 Å². The van der Waals surface area contributed by atoms with Crippen LogP contribution in [0.4, 0.5) is 5.69 Å². The van der Waals surface area contributed by atoms with Crippen LogP contribution < -0.4 is 11.5 Å². The first-order chi connectivity index (χ1) is 17.3. The molecule has 0 aromatic heterocycles. The monoisotopic (exact) mass is 564 g/mol. The standard InChI is InChI=1S/C13H20N4S.5C2H4O2/c1-17(7-6-14)9-12(15)8-11-2-4-13(5-3-11)16-10-18;5*1-2(3)4/h2-5,12H,6-9,14-15H2,1H3;5*1H3,(H,3,4). The van der Waals surface area contributed by atoms with Gasteiger partial charge in [-0.3, -0.25) is 24.0 Å². The van der Waals surface area contributed by atoms with Crippen molar-refractivity contribution in [3.8, 4) is 0 Å². The molecule has 0 saturated heterocycles. The third-order valence-electron chi connectivity index (χ3n) is 2.67. The molecule has 1 atom stereocenters. The van der Waals surface area contributed by atoms with Gasteiger partial charge in [0.15, 0.2) is 0 Å². The van der Waals surface area contributed by atoms with Crippen molar-refractivity contribution >= 4 is 52.9 Å². The van der Waals surface area contributed by atoms with Gasteiger partial charge < -0.3 is 41.9 Å². The highest BCUT2D eigenvalue weighted by atomic mass is 32.1. The van der Waals surface area contributed by atoms with Gasteiger partial charge in [-0.05, 0) is 43.4 Å². The smallest absolute Gasteiger partial charge is 0.300 e. The molecule has 0 bridgehead atoms. The highest BCUT2D eigenvalue weighted by Gasteiger charge is 2.07. The molecular weight excluding hydrogens is 524 g/mol. The molecule has 1 aromatic rings. The molecule has 0 spiro atoms. The van der Waals surface area contributed by atoms with E-state index < -0.39 is 29.8 Å². The molecule has 0 fully saturated rings. The predicted octanol–water partition coefficient (Wildman–Crippen LogP) is 1.64. The van der Waals surface area contributed by atoms with Crippen molar-refractivity contribution in [2.75, 3.05) is 26.7 Å². The quantitative estimate of drug-likeness (QED) is 0.183. The molecule has 15 heteroatoms. The second-order valence-corrected chi connectivity index (χ2v) is 7.16. The molecule has 14 nitrogen and oxygen atoms in total. The number of aliphatic imine (C=N–C) groups is 1. The van der Waals surface area contributed by atoms with Crippen molar-refractivity contribution in [1.29, 1.82) is 0 Å². The number of isothiocyanates is 1. The Morgan fingerprint density at radius 3 is 1.42 bits per heavy atom. The average molecular weight is 565 g/mol. The van der Waals surface area contributed by atoms with Crippen LogP contribution in [0.3, 0.4) is 0 Å². The van der Waals surface area contributed by atoms with Crippen LogP contribution in [0.25, 0.3) is 0 Å². The molecule has 0 aliphatic rings. The van der Waals surface area contributed by atoms with E-state index in [1.165, 1.54) is 5.56 Å². The summed E-state index contributed by atoms with van der Waals surface area (Å²) in [5.41, 5.74) is 13.6. The van der Waals surface area contributed by atoms with Gasteiger partial charge in [-0.25, -0.2) is 0 Å². The Labute approximate surface area is 227 Å². The van der Waals surface area contributed by atoms with Crippen LogP contribution in [-0.4, -0.2) is 98.2 Å². The summed E-state index contributed by atoms with van der Waals surface area (Å²) in [6, 6.07) is 8.00. The van der Waals surface area contributed by atoms with Gasteiger partial charge in [0.2, 0.25) is 0 Å². The molecule has 0 radical (unpaired) electrons. The van der Waals surface area contributed by atoms with Gasteiger partial charge in [0.1, 0.15) is 0 Å². The number of hydrogen-bond acceptors (Lipinski definition) is 10. The van der Waals surface area contributed by atoms with E-state index in [9.17, 15) is 0 Å². The molecule has 0 aliphatic heterocycles. The Balaban J connectivity index is -0.000000148. The first-order valence-corrected chi connectivity index (χ1v) is 11.0. The summed E-state index contributed by atoms with van der Waals surface area (Å²) in [4.78, 5) is 51.1. The number of carboxylic acid groups (broad SMARTS) is 5. The van der Waals surface area contributed by atoms with E-state index in [0.717, 1.165) is 59.8 Å². The predicted molar refractivity (Wildman–Crippen MR) is 146 cm³/mol. The largest absolute Gasteiger partial charge is 0.481 e. The Morgan fingerprint density at radius 2 is 1.16 bits per heavy atom. The number of thiocarbonyl (C=S) groups is 1. The fraction of sp³-hybridized carbons (Fsp3) is 0.478. The third kappa shape index (κ3) is 76.8. The number of aliphatic carboxylic acids is 5. The fourth-order valence-electron chi connectivity index (χ4n) is 1.84. The van der Waals surface area contributed by atoms with Crippen LogP contribution in [0.5, 0.6) is 0 Å². The number of hydrogen-bond donors (Lipinski definition) is 7. The zero-order chi connectivity index (χ0) is 31.3. The number of nitrogens with zero attached hydrogens (tertiary/aromatic N) is 2. The molecule has 1 rings (SSSR count). The minimum atomic E-state index is -0.833. The minimum absolute atomic E-state index is 0.112. The Bertz CT molecular complexity index is 755. The van der Waals surface area contributed by atoms with Gasteiger partial charge in [0.05, 0.1) is 10.8 Å². The Kier molecular flexibility index (Phi) is 36.4. The van der Waals surface area contributed by atoms with Crippen LogP contribution in [0.1, 0.15) is 40.2 Å². The van der Waals surface area contributed by atoms with Gasteiger partial charge in [-0.2, -0.15) is 4.99 Å². The van der Waals surface area contributed by atoms with Gasteiger partial charge in [-0.15, -0.1) is 0 Å². The highest BCUT2D eigenvalue weighted by Crippen LogP contribution is 2.13. The molecular formula is C23H40N4O10S. The normalized spacial score (nSPS) is 9.08. The summed E-state index contributed by atoms with van der Waals surface area (Å²) < 4.78 is 0. The first kappa shape index (κ1) is 44.3. The summed E-state index contributed by atoms with van der Waals surface area (Å²) >= 11 is 4.56. The van der Waals surface area contributed by atoms with Crippen molar-refractivity contribution in [2.24, 2.45) is 16.5 Å². The maximum atomic E-state index is 9.00. The first-order valence-electron chi connectivity index (χ1n) is 10.6. The Morgan fingerprint density at radius 1 is 0.842 bits per heavy atom. The molecule has 0 aliphatic carbocycles. The maximum Gasteiger partial charge on any atom is 0.300 e. The van der Waals surface area contributed by atoms with Crippen LogP contribution in [0, 0.1) is 0 Å². The Hall–Kier alpha value is -3.75. The molecule has 0 amide bonds. The summed E-state index contributed by atoms with van der Waals surface area (Å²) in [5, 5.41) is 39.4. The number of nitrogens with two attached hydrogens (primary N) is 2. The van der Waals surface area contributed by atoms with Crippen LogP contribution >= 0.6 is 12.2 Å². The van der Waals surface area contributed by atoms with E-state index in [1.807, 2.05) is 31.3 Å². The van der Waals surface area contributed by atoms with E-state index in [1.54, 1.807) is 0 Å². The number of benzene rings is 1. The highest BCUT2D eigenvalue weighted by molar-refractivity contribution is 7.78. The van der Waals surface area contributed by atoms with E-state index in [4.69, 9.17) is 61.0 Å². The lowest BCUT2D eigenvalue weighted by atomic mass is 10.1. The van der Waals surface area contributed by atoms with Crippen LogP contribution in [-0.2, 0) is 30.4 Å². The van der Waals surface area contributed by atoms with Gasteiger partial charge in [-0.1, -0.05) is 12.1 Å². The summed E-state index contributed by atoms with van der Waals surface area (Å²) in [5.74, 6) is -4.17. The van der Waals surface area contributed by atoms with E-state index in [2.05, 4.69) is 27.3 Å². The fourth-order valence-corrected chi connectivity index (χ4v) is 1.94. The SMILES string of the molecule is CC(=O)O.CC(=O)O.CC(=O)O.CC(=O)O.CC(=O)O.CN(CCN)CC(N)Cc1ccc(N=C=S)cc1. The minimum Gasteiger partial charge on any atom is -0.481 e. The zero-order valence-electron chi connectivity index (χ0n) is 22.4. The van der Waals surface area contributed by atoms with Crippen molar-refractivity contribution in [2.45, 2.75) is 47.1 Å². The zero-order valence-corrected chi connectivity index (χ0v) is 23.3. The van der Waals surface area contributed by atoms with E-state index >= 15 is 0 Å². The molecule has 218 valence electrons. The summed E-state index contributed by atoms with van der Waals surface area (Å²) in [6.45, 7) is 7.79. The van der Waals surface area contributed by atoms with Gasteiger partial charge in [0, 0.05) is 60.3 Å². The second-order valence-electron chi connectivity index (χ2n) is 6.98. The lowest BCUT2D eigenvalue weighted by Gasteiger charge is -2.20. The molecule has 38 heavy (non-hydrogen) atoms. The van der Waals surface area contributed by atoms with E-state index in [-0.39, 0.29) is 6.04 Å². The number of rotatable bonds is 7. The maximum absolute atomic E-state index is 9.00. The molecule has 0 saturated carbocycles. The van der Waals surface area contributed by atoms with Crippen molar-refractivity contribution in [1.82, 2.24) is 4.90 Å². The van der Waals surface area contributed by atoms with Gasteiger partial charge >= 0.3 is 0 Å². The average Bonchev–Trinajstić information content (AvgIpc) is 2.67. The van der Waals surface area contributed by atoms with Crippen molar-refractivity contribution < 1.29 is 49.5 Å². The molecule has 1 unspecified atom stereocenters. The number of likely N-dealkylation sites (N-methyl/N-ethyl adjacent to an activating group) is 1. The third-order valence-corrected chi connectivity index (χ3v) is 2.76. The summed E-state index contributed by atoms with van der Waals surface area (Å²) in [7, 11) is 2.03. The number of carboxylic acids is 5. The van der Waals surface area contributed by atoms with Crippen LogP contribution in [0.15, 0.2) is 29.3 Å². The summed E-state index contributed by atoms with van der Waals surface area (Å²) in [6.07, 6.45) is 0.844. The molecule has 1 aromatic carbocycles. The lowest BCUT2D eigenvalue weighted by molar-refractivity contribution is -0.135. The van der Waals surface area contributed by atoms with E-state index in [0.29, 0.717) is 6.54 Å². The van der Waals surface area contributed by atoms with Crippen molar-refractivity contribution in [3.63, 3.8) is 0 Å². The second kappa shape index (κ2) is 31.3.